The number of nitrogens with two attached hydrogens (primary N) is 4. The Hall–Kier alpha value is -12.0. The molecule has 628 valence electrons. The fourth-order valence-corrected chi connectivity index (χ4v) is 14.4. The van der Waals surface area contributed by atoms with Crippen LogP contribution in [0.4, 0.5) is 0 Å². The first kappa shape index (κ1) is 89.6. The van der Waals surface area contributed by atoms with E-state index in [1.54, 1.807) is 81.0 Å². The summed E-state index contributed by atoms with van der Waals surface area (Å²) >= 11 is 0. The van der Waals surface area contributed by atoms with E-state index >= 15 is 24.0 Å². The van der Waals surface area contributed by atoms with E-state index in [0.717, 1.165) is 0 Å². The van der Waals surface area contributed by atoms with Gasteiger partial charge in [-0.25, -0.2) is 9.78 Å². The molecule has 12 amide bonds. The van der Waals surface area contributed by atoms with E-state index in [-0.39, 0.29) is 121 Å². The van der Waals surface area contributed by atoms with Crippen LogP contribution in [0.5, 0.6) is 5.75 Å². The minimum absolute atomic E-state index is 0.0149. The predicted molar refractivity (Wildman–Crippen MR) is 427 cm³/mol. The molecule has 37 heteroatoms. The monoisotopic (exact) mass is 1610 g/mol. The number of amides is 12. The summed E-state index contributed by atoms with van der Waals surface area (Å²) in [6, 6.07) is 2.97. The normalized spacial score (nSPS) is 16.9. The van der Waals surface area contributed by atoms with Gasteiger partial charge in [0, 0.05) is 92.1 Å². The van der Waals surface area contributed by atoms with Gasteiger partial charge in [0.2, 0.25) is 70.9 Å². The summed E-state index contributed by atoms with van der Waals surface area (Å²) in [4.78, 5) is 203. The molecule has 3 aromatic heterocycles. The maximum atomic E-state index is 15.7. The van der Waals surface area contributed by atoms with E-state index in [1.165, 1.54) is 40.4 Å². The zero-order valence-corrected chi connectivity index (χ0v) is 65.7. The highest BCUT2D eigenvalue weighted by Gasteiger charge is 2.43. The number of aliphatic hydroxyl groups excluding tert-OH is 1. The molecule has 2 fully saturated rings. The number of H-pyrrole nitrogens is 3. The number of hydrogen-bond donors (Lipinski definition) is 21. The number of nitrogens with one attached hydrogen (secondary N) is 14. The number of nitrogens with zero attached hydrogens (tertiary/aromatic N) is 3. The molecule has 37 nitrogen and oxygen atoms in total. The van der Waals surface area contributed by atoms with Gasteiger partial charge in [-0.3, -0.25) is 62.9 Å². The van der Waals surface area contributed by atoms with Crippen molar-refractivity contribution < 1.29 is 77.6 Å². The van der Waals surface area contributed by atoms with Crippen molar-refractivity contribution in [1.29, 1.82) is 5.41 Å². The maximum absolute atomic E-state index is 15.7. The lowest BCUT2D eigenvalue weighted by Gasteiger charge is -2.31. The van der Waals surface area contributed by atoms with Gasteiger partial charge in [0.1, 0.15) is 72.2 Å². The number of carboxylic acid groups (broad SMARTS) is 1. The number of carbonyl (C=O) groups is 13. The Bertz CT molecular complexity index is 4400. The van der Waals surface area contributed by atoms with Crippen molar-refractivity contribution in [3.63, 3.8) is 0 Å². The van der Waals surface area contributed by atoms with E-state index in [4.69, 9.17) is 28.3 Å². The number of carbonyl (C=O) groups excluding carboxylic acids is 12. The lowest BCUT2D eigenvalue weighted by molar-refractivity contribution is -0.145. The van der Waals surface area contributed by atoms with Crippen LogP contribution in [0.25, 0.3) is 21.8 Å². The maximum Gasteiger partial charge on any atom is 0.326 e. The van der Waals surface area contributed by atoms with Crippen LogP contribution in [-0.4, -0.2) is 233 Å². The number of fused-ring (bicyclic) bond motifs is 2. The zero-order chi connectivity index (χ0) is 84.3. The number of primary amides is 1. The van der Waals surface area contributed by atoms with Crippen molar-refractivity contribution in [1.82, 2.24) is 82.9 Å². The smallest absolute Gasteiger partial charge is 0.326 e. The molecule has 0 bridgehead atoms. The third-order valence-electron chi connectivity index (χ3n) is 20.9. The van der Waals surface area contributed by atoms with Gasteiger partial charge in [-0.05, 0) is 130 Å². The number of aliphatic hydroxyl groups is 1. The van der Waals surface area contributed by atoms with Gasteiger partial charge in [-0.2, -0.15) is 0 Å². The Morgan fingerprint density at radius 3 is 1.55 bits per heavy atom. The van der Waals surface area contributed by atoms with E-state index in [0.29, 0.717) is 63.5 Å². The van der Waals surface area contributed by atoms with E-state index in [9.17, 15) is 53.7 Å². The molecule has 2 aliphatic heterocycles. The Labute approximate surface area is 670 Å². The Kier molecular flexibility index (Phi) is 33.6. The van der Waals surface area contributed by atoms with Crippen molar-refractivity contribution in [2.24, 2.45) is 34.8 Å². The molecule has 116 heavy (non-hydrogen) atoms. The quantitative estimate of drug-likeness (QED) is 0.0122. The molecule has 0 spiro atoms. The number of aromatic hydroxyl groups is 1. The highest BCUT2D eigenvalue weighted by Crippen LogP contribution is 2.26. The SMILES string of the molecule is CC[C@H](C)[C@H](NC(=O)[C@H](CO)NC(=O)[C@@H]1CCCN1C(=O)[C@H](CCCNC(=N)N)NC(=O)[C@H](Cc1c[nH]c2ccccc12)NC(=O)[C@H](Cc1c[nH]c2ccccc12)NC(=O)[C@H](Cc1ccc(O)cc1)NC(=O)[C@H](CCC(N)=O)NC(=O)[C@H](CCCCN)NC(=O)[C@H](CC(C)C)NC(=O)[C@@H]1CCCN1C(=O)[C@@H](N)Cc1c[nH]cn1)C(=O)O. The van der Waals surface area contributed by atoms with Crippen LogP contribution < -0.4 is 76.1 Å². The fraction of sp³-hybridized carbons (Fsp3) is 0.506. The molecule has 2 saturated heterocycles. The molecule has 13 atom stereocenters. The molecule has 5 heterocycles. The van der Waals surface area contributed by atoms with Crippen LogP contribution in [0.2, 0.25) is 0 Å². The molecule has 6 aromatic rings. The number of phenolic OH excluding ortho intramolecular Hbond substituents is 1. The summed E-state index contributed by atoms with van der Waals surface area (Å²) in [5.74, 6) is -12.7. The minimum Gasteiger partial charge on any atom is -0.508 e. The number of benzene rings is 3. The number of unbranched alkanes of at least 4 members (excludes halogenated alkanes) is 1. The molecule has 0 aliphatic carbocycles. The number of carboxylic acids is 1. The van der Waals surface area contributed by atoms with Crippen molar-refractivity contribution in [2.45, 2.75) is 209 Å². The first-order chi connectivity index (χ1) is 55.5. The van der Waals surface area contributed by atoms with Crippen molar-refractivity contribution >= 4 is 105 Å². The van der Waals surface area contributed by atoms with Crippen LogP contribution in [0.1, 0.15) is 134 Å². The van der Waals surface area contributed by atoms with Gasteiger partial charge in [0.15, 0.2) is 5.96 Å². The third-order valence-corrected chi connectivity index (χ3v) is 20.9. The summed E-state index contributed by atoms with van der Waals surface area (Å²) in [5.41, 5.74) is 26.8. The Morgan fingerprint density at radius 2 is 1.05 bits per heavy atom. The average molecular weight is 1610 g/mol. The number of likely N-dealkylation sites (tertiary alicyclic amines) is 2. The molecular formula is C79H111N21O16. The molecule has 2 aliphatic rings. The van der Waals surface area contributed by atoms with E-state index < -0.39 is 175 Å². The summed E-state index contributed by atoms with van der Waals surface area (Å²) < 4.78 is 0. The summed E-state index contributed by atoms with van der Waals surface area (Å²) in [6.45, 7) is 6.51. The fourth-order valence-electron chi connectivity index (χ4n) is 14.4. The summed E-state index contributed by atoms with van der Waals surface area (Å²) in [7, 11) is 0. The minimum atomic E-state index is -1.66. The molecular weight excluding hydrogens is 1500 g/mol. The lowest BCUT2D eigenvalue weighted by atomic mass is 9.99. The van der Waals surface area contributed by atoms with Gasteiger partial charge in [-0.1, -0.05) is 82.6 Å². The van der Waals surface area contributed by atoms with Crippen LogP contribution >= 0.6 is 0 Å². The number of aromatic nitrogens is 4. The second-order valence-electron chi connectivity index (χ2n) is 30.0. The number of phenols is 1. The lowest BCUT2D eigenvalue weighted by Crippen LogP contribution is -2.61. The molecule has 0 saturated carbocycles. The van der Waals surface area contributed by atoms with Gasteiger partial charge in [0.25, 0.3) is 0 Å². The van der Waals surface area contributed by atoms with Gasteiger partial charge < -0.3 is 116 Å². The number of aromatic amines is 3. The van der Waals surface area contributed by atoms with Crippen LogP contribution in [0.3, 0.4) is 0 Å². The number of para-hydroxylation sites is 2. The number of hydrogen-bond acceptors (Lipinski definition) is 19. The van der Waals surface area contributed by atoms with Crippen LogP contribution in [0, 0.1) is 17.2 Å². The first-order valence-electron chi connectivity index (χ1n) is 39.3. The standard InChI is InChI=1S/C79H111N21O16/c1-5-44(4)66(78(115)116)98-73(110)62(41-101)97-75(112)64-22-14-32-100(64)77(114)57(20-12-30-86-79(83)84)92-71(108)60(35-46-38-87-53-17-8-6-15-50(46)53)95-72(109)61(36-47-39-88-54-18-9-7-16-51(47)54)94-70(107)59(34-45-23-25-49(102)26-24-45)93-68(105)56(27-28-65(82)103)91-67(104)55(19-10-11-29-80)90-69(106)58(33-43(2)3)96-74(111)63-21-13-31-99(63)76(113)52(81)37-48-40-85-42-89-48/h6-9,15-18,23-26,38-40,42-44,52,55-64,66,87-88,101-102H,5,10-14,19-22,27-37,41,80-81H2,1-4H3,(H2,82,103)(H,85,89)(H,90,106)(H,91,104)(H,92,108)(H,93,105)(H,94,107)(H,95,109)(H,96,111)(H,97,112)(H,98,110)(H,115,116)(H4,83,84,86)/t44-,52-,55-,56-,57-,58-,59-,60-,61-,62-,63-,64-,66-/m0/s1. The van der Waals surface area contributed by atoms with E-state index in [2.05, 4.69) is 73.1 Å². The highest BCUT2D eigenvalue weighted by molar-refractivity contribution is 6.01. The van der Waals surface area contributed by atoms with Crippen LogP contribution in [0.15, 0.2) is 97.7 Å². The topological polar surface area (TPSA) is 598 Å². The van der Waals surface area contributed by atoms with Gasteiger partial charge >= 0.3 is 5.97 Å². The largest absolute Gasteiger partial charge is 0.508 e. The second-order valence-corrected chi connectivity index (χ2v) is 30.0. The third kappa shape index (κ3) is 25.5. The number of guanidine groups is 1. The van der Waals surface area contributed by atoms with Gasteiger partial charge in [0.05, 0.1) is 24.7 Å². The first-order valence-corrected chi connectivity index (χ1v) is 39.3. The number of imidazole rings is 1. The Balaban J connectivity index is 1.08. The molecule has 3 aromatic carbocycles. The van der Waals surface area contributed by atoms with Crippen molar-refractivity contribution in [3.8, 4) is 5.75 Å². The average Bonchev–Trinajstić information content (AvgIpc) is 1.63. The summed E-state index contributed by atoms with van der Waals surface area (Å²) in [5, 5.41) is 66.6. The number of aliphatic carboxylic acids is 1. The highest BCUT2D eigenvalue weighted by atomic mass is 16.4. The molecule has 0 unspecified atom stereocenters. The van der Waals surface area contributed by atoms with Gasteiger partial charge in [-0.15, -0.1) is 0 Å². The zero-order valence-electron chi connectivity index (χ0n) is 65.7. The van der Waals surface area contributed by atoms with Crippen molar-refractivity contribution in [3.05, 3.63) is 120 Å². The van der Waals surface area contributed by atoms with Crippen LogP contribution in [-0.2, 0) is 88.0 Å². The number of rotatable bonds is 45. The second kappa shape index (κ2) is 43.5. The predicted octanol–water partition coefficient (Wildman–Crippen LogP) is -1.15. The molecule has 25 N–H and O–H groups in total. The van der Waals surface area contributed by atoms with E-state index in [1.807, 2.05) is 13.8 Å². The Morgan fingerprint density at radius 1 is 0.569 bits per heavy atom. The van der Waals surface area contributed by atoms with Crippen molar-refractivity contribution in [2.75, 3.05) is 32.8 Å². The summed E-state index contributed by atoms with van der Waals surface area (Å²) in [6.07, 6.45) is 6.79. The molecule has 0 radical (unpaired) electrons. The molecule has 8 rings (SSSR count).